The van der Waals surface area contributed by atoms with Crippen molar-refractivity contribution >= 4 is 29.1 Å². The molecular weight excluding hydrogens is 790 g/mol. The average molecular weight is 817 g/mol. The molecule has 1 aliphatic carbocycles. The van der Waals surface area contributed by atoms with Crippen LogP contribution in [-0.2, 0) is 82.9 Å². The summed E-state index contributed by atoms with van der Waals surface area (Å²) in [5.41, 5.74) is -0.540. The largest absolute Gasteiger partial charge is 0 e. The molecule has 3 aromatic carbocycles. The second-order valence-electron chi connectivity index (χ2n) is 8.62. The van der Waals surface area contributed by atoms with Crippen LogP contribution in [0.4, 0.5) is 0 Å². The zero-order valence-electron chi connectivity index (χ0n) is 27.3. The number of methoxy groups -OCH3 is 3. The molecule has 16 heteroatoms. The van der Waals surface area contributed by atoms with Gasteiger partial charge in [0.25, 0.3) is 0 Å². The number of fused-ring (bicyclic) bond motifs is 1. The van der Waals surface area contributed by atoms with Gasteiger partial charge >= 0.3 is 67.8 Å². The number of carbonyl (C=O) groups is 3. The van der Waals surface area contributed by atoms with Gasteiger partial charge in [0.15, 0.2) is 23.1 Å². The smallest absolute Gasteiger partial charge is 0 e. The Bertz CT molecular complexity index is 1710. The first-order valence-corrected chi connectivity index (χ1v) is 13.8. The quantitative estimate of drug-likeness (QED) is 0.0806. The van der Waals surface area contributed by atoms with Gasteiger partial charge in [-0.25, -0.2) is 0 Å². The van der Waals surface area contributed by atoms with Crippen LogP contribution in [0.15, 0.2) is 65.6 Å². The summed E-state index contributed by atoms with van der Waals surface area (Å²) in [4.78, 5) is 41.8. The summed E-state index contributed by atoms with van der Waals surface area (Å²) in [5, 5.41) is 13.3. The van der Waals surface area contributed by atoms with Gasteiger partial charge in [0, 0.05) is 50.1 Å². The Hall–Kier alpha value is -4.77. The molecule has 0 saturated carbocycles. The van der Waals surface area contributed by atoms with E-state index in [1.54, 1.807) is 12.1 Å². The van der Waals surface area contributed by atoms with Gasteiger partial charge in [0.1, 0.15) is 16.9 Å². The third kappa shape index (κ3) is 14.8. The Morgan fingerprint density at radius 3 is 1.75 bits per heavy atom. The molecule has 1 atom stereocenters. The summed E-state index contributed by atoms with van der Waals surface area (Å²) < 4.78 is 60.9. The minimum atomic E-state index is -1.67. The molecule has 0 heterocycles. The standard InChI is InChI=1S/C30H26O7S.6CO.2Co/c1-35-24-11-7-8-19-12-14-30(29(19)24,27(33)13-15-38-20-9-5-4-6-10-20)28(34)18-23(32)21-16-25(36-2)26(37-3)17-22(21)31;6*1-2;;/h4-11,16-17,31H,12,14,18H2,1-3H3;;;;;;;;/t30-;;;;;;;;/m1......../s1. The topological polar surface area (TPSA) is 219 Å². The molecule has 0 spiro atoms. The maximum atomic E-state index is 13.9. The molecule has 0 saturated heterocycles. The second kappa shape index (κ2) is 33.4. The van der Waals surface area contributed by atoms with E-state index in [0.717, 1.165) is 10.5 Å². The molecule has 0 bridgehead atoms. The first kappa shape index (κ1) is 56.6. The van der Waals surface area contributed by atoms with Gasteiger partial charge in [-0.3, -0.25) is 14.4 Å². The van der Waals surface area contributed by atoms with E-state index in [-0.39, 0.29) is 62.8 Å². The van der Waals surface area contributed by atoms with Crippen molar-refractivity contribution in [3.05, 3.63) is 117 Å². The van der Waals surface area contributed by atoms with Crippen LogP contribution >= 0.6 is 11.8 Å². The molecule has 0 unspecified atom stereocenters. The number of hydrogen-bond acceptors (Lipinski definition) is 8. The van der Waals surface area contributed by atoms with Gasteiger partial charge in [-0.05, 0) is 65.6 Å². The third-order valence-corrected chi connectivity index (χ3v) is 7.30. The van der Waals surface area contributed by atoms with Crippen LogP contribution in [-0.4, -0.2) is 43.8 Å². The van der Waals surface area contributed by atoms with Gasteiger partial charge < -0.3 is 19.3 Å². The van der Waals surface area contributed by atoms with Gasteiger partial charge in [-0.15, -0.1) is 0 Å². The number of aromatic hydroxyl groups is 1. The number of aryl methyl sites for hydroxylation is 1. The van der Waals surface area contributed by atoms with E-state index in [1.165, 1.54) is 45.2 Å². The van der Waals surface area contributed by atoms with Crippen molar-refractivity contribution < 1.29 is 95.2 Å². The van der Waals surface area contributed by atoms with Crippen molar-refractivity contribution in [3.8, 4) is 34.2 Å². The van der Waals surface area contributed by atoms with Crippen LogP contribution in [0.25, 0.3) is 0 Å². The number of thioether (sulfide) groups is 1. The van der Waals surface area contributed by atoms with Gasteiger partial charge in [0.05, 0.1) is 33.3 Å². The Labute approximate surface area is 325 Å². The van der Waals surface area contributed by atoms with Crippen molar-refractivity contribution in [2.45, 2.75) is 29.6 Å². The summed E-state index contributed by atoms with van der Waals surface area (Å²) in [7, 11) is 4.27. The number of ketones is 3. The minimum absolute atomic E-state index is 0. The Kier molecular flexibility index (Phi) is 36.3. The van der Waals surface area contributed by atoms with Crippen LogP contribution in [0.2, 0.25) is 0 Å². The maximum Gasteiger partial charge on any atom is 0 e. The number of phenols is 1. The van der Waals surface area contributed by atoms with E-state index in [2.05, 4.69) is 51.1 Å². The number of hydrogen-bond donors (Lipinski definition) is 1. The zero-order chi connectivity index (χ0) is 39.3. The second-order valence-corrected chi connectivity index (χ2v) is 9.50. The van der Waals surface area contributed by atoms with E-state index < -0.39 is 29.2 Å². The molecule has 4 rings (SSSR count). The summed E-state index contributed by atoms with van der Waals surface area (Å²) >= 11 is 1.18. The minimum Gasteiger partial charge on any atom is 0 e. The predicted molar refractivity (Wildman–Crippen MR) is 167 cm³/mol. The first-order valence-electron chi connectivity index (χ1n) is 13.0. The SMILES string of the molecule is COc1cc(O)c(C(=O)CC(=O)[C@]2(C(=O)C#CSc3ccccc3)CCc3cccc(OC)c32)cc1OC.[C-]#[O+].[C-]#[O+].[C-]#[O+].[C-]#[O+].[C-]#[O+].[C-]#[O+].[Co].[Co]. The van der Waals surface area contributed by atoms with Crippen LogP contribution in [0.5, 0.6) is 23.0 Å². The number of phenolic OH excluding ortho intramolecular Hbond substituents is 1. The molecular formula is C36H26Co2O13S. The maximum absolute atomic E-state index is 13.9. The number of rotatable bonds is 9. The fourth-order valence-electron chi connectivity index (χ4n) is 4.73. The van der Waals surface area contributed by atoms with E-state index in [9.17, 15) is 19.5 Å². The Morgan fingerprint density at radius 1 is 0.750 bits per heavy atom. The van der Waals surface area contributed by atoms with Gasteiger partial charge in [0.2, 0.25) is 5.78 Å². The third-order valence-electron chi connectivity index (χ3n) is 6.59. The molecule has 52 heavy (non-hydrogen) atoms. The van der Waals surface area contributed by atoms with E-state index >= 15 is 0 Å². The molecule has 0 amide bonds. The van der Waals surface area contributed by atoms with Crippen molar-refractivity contribution in [3.63, 3.8) is 0 Å². The normalized spacial score (nSPS) is 11.6. The molecule has 0 aliphatic heterocycles. The molecule has 1 N–H and O–H groups in total. The van der Waals surface area contributed by atoms with Gasteiger partial charge in [-0.2, -0.15) is 0 Å². The van der Waals surface area contributed by atoms with Crippen molar-refractivity contribution in [2.75, 3.05) is 21.3 Å². The van der Waals surface area contributed by atoms with Crippen molar-refractivity contribution in [2.24, 2.45) is 0 Å². The summed E-state index contributed by atoms with van der Waals surface area (Å²) in [5.74, 6) is 1.28. The van der Waals surface area contributed by atoms with Crippen LogP contribution in [0.1, 0.15) is 34.3 Å². The molecule has 2 radical (unpaired) electrons. The summed E-state index contributed by atoms with van der Waals surface area (Å²) in [6.07, 6.45) is -0.0106. The fraction of sp³-hybridized carbons (Fsp3) is 0.194. The molecule has 1 aliphatic rings. The number of Topliss-reactive ketones (excluding diaryl/α,β-unsaturated/α-hetero) is 3. The molecule has 0 fully saturated rings. The van der Waals surface area contributed by atoms with Crippen LogP contribution in [0, 0.1) is 51.1 Å². The number of benzene rings is 3. The van der Waals surface area contributed by atoms with Crippen molar-refractivity contribution in [1.29, 1.82) is 0 Å². The van der Waals surface area contributed by atoms with E-state index in [0.29, 0.717) is 17.7 Å². The number of ether oxygens (including phenoxy) is 3. The number of carbonyl (C=O) groups excluding carboxylic acids is 3. The molecule has 0 aromatic heterocycles. The average Bonchev–Trinajstić information content (AvgIpc) is 3.61. The summed E-state index contributed by atoms with van der Waals surface area (Å²) in [6.45, 7) is 27.0. The Morgan fingerprint density at radius 2 is 1.25 bits per heavy atom. The molecule has 272 valence electrons. The van der Waals surface area contributed by atoms with Crippen LogP contribution in [0.3, 0.4) is 0 Å². The fourth-order valence-corrected chi connectivity index (χ4v) is 5.28. The molecule has 3 aromatic rings. The van der Waals surface area contributed by atoms with E-state index in [4.69, 9.17) is 42.1 Å². The zero-order valence-corrected chi connectivity index (χ0v) is 30.2. The first-order chi connectivity index (χ1) is 24.3. The Balaban J connectivity index is -0.000000478. The predicted octanol–water partition coefficient (Wildman–Crippen LogP) is 4.54. The summed E-state index contributed by atoms with van der Waals surface area (Å²) in [6, 6.07) is 17.2. The van der Waals surface area contributed by atoms with Crippen LogP contribution < -0.4 is 14.2 Å². The van der Waals surface area contributed by atoms with Crippen molar-refractivity contribution in [1.82, 2.24) is 0 Å². The molecule has 13 nitrogen and oxygen atoms in total. The monoisotopic (exact) mass is 816 g/mol. The van der Waals surface area contributed by atoms with E-state index in [1.807, 2.05) is 36.4 Å². The van der Waals surface area contributed by atoms with Gasteiger partial charge in [-0.1, -0.05) is 30.3 Å².